The fraction of sp³-hybridized carbons (Fsp3) is 0.625. The maximum absolute atomic E-state index is 2.43. The summed E-state index contributed by atoms with van der Waals surface area (Å²) in [6, 6.07) is 9.12. The fourth-order valence-corrected chi connectivity index (χ4v) is 5.56. The zero-order valence-electron chi connectivity index (χ0n) is 13.2. The molecule has 0 spiro atoms. The SMILES string of the molecule is CP(c1ccccc1P(C)C(C)(C)C)C(C)(C)C. The van der Waals surface area contributed by atoms with E-state index < -0.39 is 0 Å². The number of hydrogen-bond acceptors (Lipinski definition) is 0. The third-order valence-electron chi connectivity index (χ3n) is 3.62. The first kappa shape index (κ1) is 16.1. The Hall–Kier alpha value is 0.0800. The van der Waals surface area contributed by atoms with Crippen LogP contribution in [-0.2, 0) is 0 Å². The van der Waals surface area contributed by atoms with Gasteiger partial charge in [-0.25, -0.2) is 0 Å². The zero-order chi connectivity index (χ0) is 14.1. The van der Waals surface area contributed by atoms with Crippen LogP contribution in [0.5, 0.6) is 0 Å². The average Bonchev–Trinajstić information content (AvgIpc) is 2.24. The van der Waals surface area contributed by atoms with E-state index in [0.717, 1.165) is 0 Å². The van der Waals surface area contributed by atoms with Gasteiger partial charge in [0, 0.05) is 0 Å². The zero-order valence-corrected chi connectivity index (χ0v) is 15.0. The van der Waals surface area contributed by atoms with Crippen molar-refractivity contribution in [2.45, 2.75) is 51.9 Å². The van der Waals surface area contributed by atoms with Crippen molar-refractivity contribution in [3.8, 4) is 0 Å². The van der Waals surface area contributed by atoms with E-state index in [1.165, 1.54) is 0 Å². The molecule has 0 saturated heterocycles. The van der Waals surface area contributed by atoms with Gasteiger partial charge in [-0.1, -0.05) is 81.7 Å². The van der Waals surface area contributed by atoms with Gasteiger partial charge < -0.3 is 0 Å². The van der Waals surface area contributed by atoms with Crippen molar-refractivity contribution >= 4 is 26.5 Å². The molecular formula is C16H28P2. The molecule has 0 heterocycles. The lowest BCUT2D eigenvalue weighted by Crippen LogP contribution is -2.31. The lowest BCUT2D eigenvalue weighted by atomic mass is 10.3. The number of hydrogen-bond donors (Lipinski definition) is 0. The highest BCUT2D eigenvalue weighted by molar-refractivity contribution is 7.72. The molecule has 0 aliphatic rings. The molecule has 102 valence electrons. The molecule has 2 unspecified atom stereocenters. The molecule has 0 saturated carbocycles. The van der Waals surface area contributed by atoms with Gasteiger partial charge in [0.05, 0.1) is 0 Å². The molecule has 0 fully saturated rings. The van der Waals surface area contributed by atoms with Gasteiger partial charge in [0.1, 0.15) is 0 Å². The smallest absolute Gasteiger partial charge is 0.0141 e. The highest BCUT2D eigenvalue weighted by Crippen LogP contribution is 2.49. The highest BCUT2D eigenvalue weighted by atomic mass is 31.1. The van der Waals surface area contributed by atoms with Crippen LogP contribution in [0.4, 0.5) is 0 Å². The Labute approximate surface area is 116 Å². The van der Waals surface area contributed by atoms with Crippen molar-refractivity contribution in [1.29, 1.82) is 0 Å². The van der Waals surface area contributed by atoms with E-state index in [1.807, 2.05) is 0 Å². The summed E-state index contributed by atoms with van der Waals surface area (Å²) in [5, 5.41) is 4.01. The first-order chi connectivity index (χ1) is 8.05. The van der Waals surface area contributed by atoms with Crippen molar-refractivity contribution in [3.05, 3.63) is 24.3 Å². The summed E-state index contributed by atoms with van der Waals surface area (Å²) < 4.78 is 0. The lowest BCUT2D eigenvalue weighted by Gasteiger charge is -2.35. The van der Waals surface area contributed by atoms with Crippen molar-refractivity contribution in [2.75, 3.05) is 13.3 Å². The van der Waals surface area contributed by atoms with E-state index in [-0.39, 0.29) is 15.8 Å². The summed E-state index contributed by atoms with van der Waals surface area (Å²) in [7, 11) is -0.202. The van der Waals surface area contributed by atoms with E-state index in [9.17, 15) is 0 Å². The minimum Gasteiger partial charge on any atom is -0.0723 e. The molecule has 1 aromatic carbocycles. The molecule has 0 aliphatic heterocycles. The van der Waals surface area contributed by atoms with E-state index in [0.29, 0.717) is 10.3 Å². The molecule has 0 radical (unpaired) electrons. The Balaban J connectivity index is 3.23. The predicted molar refractivity (Wildman–Crippen MR) is 90.9 cm³/mol. The summed E-state index contributed by atoms with van der Waals surface area (Å²) in [5.74, 6) is 0. The van der Waals surface area contributed by atoms with Crippen molar-refractivity contribution < 1.29 is 0 Å². The standard InChI is InChI=1S/C16H28P2/c1-15(2,3)17(7)13-11-9-10-12-14(13)18(8)16(4,5)6/h9-12H,1-8H3. The quantitative estimate of drug-likeness (QED) is 0.686. The van der Waals surface area contributed by atoms with Gasteiger partial charge in [0.25, 0.3) is 0 Å². The van der Waals surface area contributed by atoms with Crippen molar-refractivity contribution in [2.24, 2.45) is 0 Å². The largest absolute Gasteiger partial charge is 0.0723 e. The molecule has 0 amide bonds. The Kier molecular flexibility index (Phi) is 5.02. The van der Waals surface area contributed by atoms with Gasteiger partial charge in [-0.15, -0.1) is 0 Å². The van der Waals surface area contributed by atoms with Gasteiger partial charge in [-0.3, -0.25) is 0 Å². The third kappa shape index (κ3) is 3.79. The molecule has 2 heteroatoms. The second-order valence-electron chi connectivity index (χ2n) is 6.95. The average molecular weight is 282 g/mol. The van der Waals surface area contributed by atoms with Gasteiger partial charge in [0.15, 0.2) is 0 Å². The second kappa shape index (κ2) is 5.60. The van der Waals surface area contributed by atoms with Crippen LogP contribution in [0.3, 0.4) is 0 Å². The molecule has 18 heavy (non-hydrogen) atoms. The fourth-order valence-electron chi connectivity index (χ4n) is 1.75. The van der Waals surface area contributed by atoms with Crippen molar-refractivity contribution in [1.82, 2.24) is 0 Å². The predicted octanol–water partition coefficient (Wildman–Crippen LogP) is 4.76. The summed E-state index contributed by atoms with van der Waals surface area (Å²) in [6.45, 7) is 19.1. The van der Waals surface area contributed by atoms with Gasteiger partial charge in [-0.05, 0) is 34.3 Å². The van der Waals surface area contributed by atoms with E-state index in [2.05, 4.69) is 79.1 Å². The van der Waals surface area contributed by atoms with E-state index in [1.54, 1.807) is 10.6 Å². The third-order valence-corrected chi connectivity index (χ3v) is 10.0. The topological polar surface area (TPSA) is 0 Å². The van der Waals surface area contributed by atoms with Crippen LogP contribution in [0.2, 0.25) is 0 Å². The lowest BCUT2D eigenvalue weighted by molar-refractivity contribution is 0.789. The van der Waals surface area contributed by atoms with Crippen LogP contribution in [0.25, 0.3) is 0 Å². The Morgan fingerprint density at radius 1 is 0.667 bits per heavy atom. The molecule has 1 aromatic rings. The molecule has 0 aromatic heterocycles. The first-order valence-electron chi connectivity index (χ1n) is 6.62. The van der Waals surface area contributed by atoms with Crippen LogP contribution in [0.1, 0.15) is 41.5 Å². The van der Waals surface area contributed by atoms with Gasteiger partial charge >= 0.3 is 0 Å². The van der Waals surface area contributed by atoms with Crippen LogP contribution in [0, 0.1) is 0 Å². The summed E-state index contributed by atoms with van der Waals surface area (Å²) in [6.07, 6.45) is 0. The molecule has 0 aliphatic carbocycles. The normalized spacial score (nSPS) is 16.4. The van der Waals surface area contributed by atoms with Crippen LogP contribution in [-0.4, -0.2) is 23.6 Å². The molecule has 0 N–H and O–H groups in total. The minimum atomic E-state index is -0.101. The van der Waals surface area contributed by atoms with E-state index >= 15 is 0 Å². The Morgan fingerprint density at radius 2 is 0.944 bits per heavy atom. The molecule has 1 rings (SSSR count). The molecule has 0 bridgehead atoms. The Morgan fingerprint density at radius 3 is 1.17 bits per heavy atom. The monoisotopic (exact) mass is 282 g/mol. The maximum atomic E-state index is 2.43. The number of benzene rings is 1. The van der Waals surface area contributed by atoms with Gasteiger partial charge in [0.2, 0.25) is 0 Å². The van der Waals surface area contributed by atoms with E-state index in [4.69, 9.17) is 0 Å². The minimum absolute atomic E-state index is 0.101. The maximum Gasteiger partial charge on any atom is -0.0141 e. The molecule has 2 atom stereocenters. The molecular weight excluding hydrogens is 254 g/mol. The van der Waals surface area contributed by atoms with Crippen LogP contribution >= 0.6 is 15.8 Å². The summed E-state index contributed by atoms with van der Waals surface area (Å²) in [4.78, 5) is 0. The summed E-state index contributed by atoms with van der Waals surface area (Å²) >= 11 is 0. The summed E-state index contributed by atoms with van der Waals surface area (Å²) in [5.41, 5.74) is 0. The van der Waals surface area contributed by atoms with Crippen LogP contribution < -0.4 is 10.6 Å². The second-order valence-corrected chi connectivity index (χ2v) is 12.8. The van der Waals surface area contributed by atoms with Crippen molar-refractivity contribution in [3.63, 3.8) is 0 Å². The Bertz CT molecular complexity index is 357. The van der Waals surface area contributed by atoms with Crippen LogP contribution in [0.15, 0.2) is 24.3 Å². The van der Waals surface area contributed by atoms with Gasteiger partial charge in [-0.2, -0.15) is 0 Å². The number of rotatable bonds is 2. The molecule has 0 nitrogen and oxygen atoms in total. The first-order valence-corrected chi connectivity index (χ1v) is 10.2. The highest BCUT2D eigenvalue weighted by Gasteiger charge is 2.28.